The van der Waals surface area contributed by atoms with Gasteiger partial charge in [-0.15, -0.1) is 0 Å². The monoisotopic (exact) mass is 216 g/mol. The average Bonchev–Trinajstić information content (AvgIpc) is 2.18. The van der Waals surface area contributed by atoms with Crippen molar-refractivity contribution in [3.05, 3.63) is 0 Å². The molecule has 88 valence electrons. The van der Waals surface area contributed by atoms with Gasteiger partial charge in [-0.3, -0.25) is 4.79 Å². The number of rotatable bonds is 3. The van der Waals surface area contributed by atoms with E-state index in [1.54, 1.807) is 0 Å². The topological polar surface area (TPSA) is 44.8 Å². The van der Waals surface area contributed by atoms with E-state index in [9.17, 15) is 4.79 Å². The Labute approximate surface area is 90.9 Å². The van der Waals surface area contributed by atoms with E-state index in [4.69, 9.17) is 14.2 Å². The van der Waals surface area contributed by atoms with E-state index in [0.29, 0.717) is 13.0 Å². The SMILES string of the molecule is CC(=O)OCC[C@H]1OC(C)(C)OC1(C)C. The molecule has 1 atom stereocenters. The van der Waals surface area contributed by atoms with Crippen molar-refractivity contribution in [3.63, 3.8) is 0 Å². The van der Waals surface area contributed by atoms with Gasteiger partial charge in [-0.25, -0.2) is 0 Å². The number of carbonyl (C=O) groups is 1. The lowest BCUT2D eigenvalue weighted by Gasteiger charge is -2.23. The standard InChI is InChI=1S/C11H20O4/c1-8(12)13-7-6-9-10(2,3)15-11(4,5)14-9/h9H,6-7H2,1-5H3/t9-/m1/s1. The maximum absolute atomic E-state index is 10.6. The van der Waals surface area contributed by atoms with E-state index < -0.39 is 5.79 Å². The molecule has 0 aromatic heterocycles. The first kappa shape index (κ1) is 12.5. The van der Waals surface area contributed by atoms with Gasteiger partial charge in [0, 0.05) is 13.3 Å². The van der Waals surface area contributed by atoms with Crippen molar-refractivity contribution in [1.82, 2.24) is 0 Å². The Kier molecular flexibility index (Phi) is 3.41. The molecule has 0 bridgehead atoms. The van der Waals surface area contributed by atoms with Crippen molar-refractivity contribution in [2.75, 3.05) is 6.61 Å². The molecule has 0 saturated carbocycles. The third-order valence-electron chi connectivity index (χ3n) is 2.40. The molecule has 0 N–H and O–H groups in total. The highest BCUT2D eigenvalue weighted by Crippen LogP contribution is 2.37. The molecular formula is C11H20O4. The molecule has 4 heteroatoms. The van der Waals surface area contributed by atoms with Crippen LogP contribution in [0.3, 0.4) is 0 Å². The van der Waals surface area contributed by atoms with E-state index >= 15 is 0 Å². The summed E-state index contributed by atoms with van der Waals surface area (Å²) < 4.78 is 16.4. The highest BCUT2D eigenvalue weighted by atomic mass is 16.8. The van der Waals surface area contributed by atoms with Crippen molar-refractivity contribution >= 4 is 5.97 Å². The second kappa shape index (κ2) is 4.10. The Morgan fingerprint density at radius 1 is 1.33 bits per heavy atom. The maximum Gasteiger partial charge on any atom is 0.302 e. The van der Waals surface area contributed by atoms with Crippen LogP contribution in [-0.4, -0.2) is 30.1 Å². The van der Waals surface area contributed by atoms with Crippen LogP contribution >= 0.6 is 0 Å². The zero-order valence-corrected chi connectivity index (χ0v) is 10.1. The molecule has 0 aromatic carbocycles. The summed E-state index contributed by atoms with van der Waals surface area (Å²) >= 11 is 0. The summed E-state index contributed by atoms with van der Waals surface area (Å²) in [6, 6.07) is 0. The minimum absolute atomic E-state index is 0.0353. The lowest BCUT2D eigenvalue weighted by Crippen LogP contribution is -2.34. The minimum atomic E-state index is -0.551. The van der Waals surface area contributed by atoms with Gasteiger partial charge in [0.15, 0.2) is 5.79 Å². The summed E-state index contributed by atoms with van der Waals surface area (Å²) in [5, 5.41) is 0. The fourth-order valence-corrected chi connectivity index (χ4v) is 1.92. The molecule has 1 rings (SSSR count). The van der Waals surface area contributed by atoms with Gasteiger partial charge >= 0.3 is 5.97 Å². The molecule has 0 aromatic rings. The second-order valence-electron chi connectivity index (χ2n) is 4.84. The second-order valence-corrected chi connectivity index (χ2v) is 4.84. The Hall–Kier alpha value is -0.610. The zero-order valence-electron chi connectivity index (χ0n) is 10.1. The van der Waals surface area contributed by atoms with Crippen molar-refractivity contribution in [2.45, 2.75) is 58.5 Å². The Bertz CT molecular complexity index is 245. The molecule has 1 heterocycles. The highest BCUT2D eigenvalue weighted by molar-refractivity contribution is 5.65. The fourth-order valence-electron chi connectivity index (χ4n) is 1.92. The third kappa shape index (κ3) is 3.47. The van der Waals surface area contributed by atoms with E-state index in [0.717, 1.165) is 0 Å². The van der Waals surface area contributed by atoms with Crippen LogP contribution in [0.4, 0.5) is 0 Å². The molecule has 4 nitrogen and oxygen atoms in total. The first-order valence-corrected chi connectivity index (χ1v) is 5.24. The predicted molar refractivity (Wildman–Crippen MR) is 55.4 cm³/mol. The summed E-state index contributed by atoms with van der Waals surface area (Å²) in [4.78, 5) is 10.6. The molecule has 1 aliphatic heterocycles. The van der Waals surface area contributed by atoms with Crippen LogP contribution in [0.15, 0.2) is 0 Å². The molecule has 0 radical (unpaired) electrons. The first-order valence-electron chi connectivity index (χ1n) is 5.24. The summed E-state index contributed by atoms with van der Waals surface area (Å²) in [5.41, 5.74) is -0.330. The van der Waals surface area contributed by atoms with Gasteiger partial charge in [0.1, 0.15) is 0 Å². The van der Waals surface area contributed by atoms with Crippen LogP contribution in [0, 0.1) is 0 Å². The van der Waals surface area contributed by atoms with Gasteiger partial charge in [0.2, 0.25) is 0 Å². The number of ether oxygens (including phenoxy) is 3. The number of esters is 1. The van der Waals surface area contributed by atoms with Crippen molar-refractivity contribution in [3.8, 4) is 0 Å². The quantitative estimate of drug-likeness (QED) is 0.675. The van der Waals surface area contributed by atoms with Gasteiger partial charge in [-0.1, -0.05) is 0 Å². The summed E-state index contributed by atoms with van der Waals surface area (Å²) in [6.45, 7) is 9.53. The molecule has 0 aliphatic carbocycles. The first-order chi connectivity index (χ1) is 6.73. The summed E-state index contributed by atoms with van der Waals surface area (Å²) in [6.07, 6.45) is 0.627. The predicted octanol–water partition coefficient (Wildman–Crippen LogP) is 1.87. The van der Waals surface area contributed by atoms with Crippen molar-refractivity contribution in [2.24, 2.45) is 0 Å². The lowest BCUT2D eigenvalue weighted by molar-refractivity contribution is -0.158. The van der Waals surface area contributed by atoms with Crippen molar-refractivity contribution < 1.29 is 19.0 Å². The van der Waals surface area contributed by atoms with E-state index in [-0.39, 0.29) is 17.7 Å². The molecule has 0 amide bonds. The number of carbonyl (C=O) groups excluding carboxylic acids is 1. The fraction of sp³-hybridized carbons (Fsp3) is 0.909. The van der Waals surface area contributed by atoms with Gasteiger partial charge in [-0.05, 0) is 27.7 Å². The summed E-state index contributed by atoms with van der Waals surface area (Å²) in [5.74, 6) is -0.810. The molecule has 1 aliphatic rings. The van der Waals surface area contributed by atoms with Gasteiger partial charge in [0.05, 0.1) is 18.3 Å². The number of hydrogen-bond donors (Lipinski definition) is 0. The van der Waals surface area contributed by atoms with Gasteiger partial charge in [0.25, 0.3) is 0 Å². The number of hydrogen-bond acceptors (Lipinski definition) is 4. The summed E-state index contributed by atoms with van der Waals surface area (Å²) in [7, 11) is 0. The minimum Gasteiger partial charge on any atom is -0.466 e. The Morgan fingerprint density at radius 2 is 1.93 bits per heavy atom. The largest absolute Gasteiger partial charge is 0.466 e. The Morgan fingerprint density at radius 3 is 2.33 bits per heavy atom. The molecule has 0 spiro atoms. The third-order valence-corrected chi connectivity index (χ3v) is 2.40. The van der Waals surface area contributed by atoms with Crippen molar-refractivity contribution in [1.29, 1.82) is 0 Å². The maximum atomic E-state index is 10.6. The van der Waals surface area contributed by atoms with E-state index in [1.165, 1.54) is 6.92 Å². The van der Waals surface area contributed by atoms with Gasteiger partial charge < -0.3 is 14.2 Å². The molecular weight excluding hydrogens is 196 g/mol. The Balaban J connectivity index is 2.45. The molecule has 1 fully saturated rings. The van der Waals surface area contributed by atoms with E-state index in [2.05, 4.69) is 0 Å². The smallest absolute Gasteiger partial charge is 0.302 e. The van der Waals surface area contributed by atoms with Crippen LogP contribution < -0.4 is 0 Å². The highest BCUT2D eigenvalue weighted by Gasteiger charge is 2.46. The molecule has 0 unspecified atom stereocenters. The van der Waals surface area contributed by atoms with Crippen LogP contribution in [0.2, 0.25) is 0 Å². The average molecular weight is 216 g/mol. The lowest BCUT2D eigenvalue weighted by atomic mass is 10.00. The van der Waals surface area contributed by atoms with Crippen LogP contribution in [0.5, 0.6) is 0 Å². The van der Waals surface area contributed by atoms with E-state index in [1.807, 2.05) is 27.7 Å². The normalized spacial score (nSPS) is 27.7. The zero-order chi connectivity index (χ0) is 11.7. The van der Waals surface area contributed by atoms with Crippen LogP contribution in [0.25, 0.3) is 0 Å². The molecule has 1 saturated heterocycles. The van der Waals surface area contributed by atoms with Crippen LogP contribution in [0.1, 0.15) is 41.0 Å². The molecule has 15 heavy (non-hydrogen) atoms. The van der Waals surface area contributed by atoms with Crippen LogP contribution in [-0.2, 0) is 19.0 Å². The van der Waals surface area contributed by atoms with Gasteiger partial charge in [-0.2, -0.15) is 0 Å².